The van der Waals surface area contributed by atoms with Crippen LogP contribution in [0.25, 0.3) is 0 Å². The summed E-state index contributed by atoms with van der Waals surface area (Å²) in [5.41, 5.74) is 6.16. The second kappa shape index (κ2) is 3.89. The quantitative estimate of drug-likeness (QED) is 0.711. The van der Waals surface area contributed by atoms with Gasteiger partial charge in [-0.05, 0) is 24.1 Å². The summed E-state index contributed by atoms with van der Waals surface area (Å²) in [4.78, 5) is 10.4. The molecular formula is C9H11FN2O. The number of carbonyl (C=O) groups excluding carboxylic acids is 1. The molecule has 1 rings (SSSR count). The van der Waals surface area contributed by atoms with Gasteiger partial charge in [-0.2, -0.15) is 0 Å². The minimum atomic E-state index is -0.608. The highest BCUT2D eigenvalue weighted by Crippen LogP contribution is 2.11. The molecule has 0 unspecified atom stereocenters. The Kier molecular flexibility index (Phi) is 2.84. The van der Waals surface area contributed by atoms with Gasteiger partial charge in [0.25, 0.3) is 0 Å². The average Bonchev–Trinajstić information content (AvgIpc) is 2.07. The average molecular weight is 182 g/mol. The molecule has 1 aromatic rings. The first kappa shape index (κ1) is 9.51. The lowest BCUT2D eigenvalue weighted by atomic mass is 10.1. The predicted octanol–water partition coefficient (Wildman–Crippen LogP) is 1.30. The van der Waals surface area contributed by atoms with Crippen LogP contribution in [0.5, 0.6) is 0 Å². The van der Waals surface area contributed by atoms with E-state index in [0.29, 0.717) is 5.56 Å². The number of urea groups is 1. The van der Waals surface area contributed by atoms with Gasteiger partial charge in [-0.3, -0.25) is 0 Å². The monoisotopic (exact) mass is 182 g/mol. The van der Waals surface area contributed by atoms with Crippen LogP contribution in [0, 0.1) is 12.7 Å². The molecule has 3 N–H and O–H groups in total. The molecule has 0 aliphatic heterocycles. The fourth-order valence-electron chi connectivity index (χ4n) is 1.03. The molecule has 1 aromatic carbocycles. The Morgan fingerprint density at radius 1 is 1.62 bits per heavy atom. The molecular weight excluding hydrogens is 171 g/mol. The molecule has 13 heavy (non-hydrogen) atoms. The molecule has 0 aliphatic carbocycles. The van der Waals surface area contributed by atoms with Crippen molar-refractivity contribution in [3.8, 4) is 0 Å². The van der Waals surface area contributed by atoms with Gasteiger partial charge in [0.05, 0.1) is 0 Å². The lowest BCUT2D eigenvalue weighted by Crippen LogP contribution is -2.28. The van der Waals surface area contributed by atoms with E-state index >= 15 is 0 Å². The van der Waals surface area contributed by atoms with Crippen LogP contribution in [-0.4, -0.2) is 6.03 Å². The third-order valence-electron chi connectivity index (χ3n) is 1.83. The Labute approximate surface area is 75.7 Å². The Morgan fingerprint density at radius 2 is 2.31 bits per heavy atom. The zero-order chi connectivity index (χ0) is 9.84. The van der Waals surface area contributed by atoms with Crippen molar-refractivity contribution >= 4 is 6.03 Å². The zero-order valence-electron chi connectivity index (χ0n) is 7.30. The maximum absolute atomic E-state index is 13.0. The van der Waals surface area contributed by atoms with E-state index in [4.69, 9.17) is 5.73 Å². The minimum absolute atomic E-state index is 0.263. The zero-order valence-corrected chi connectivity index (χ0v) is 7.30. The van der Waals surface area contributed by atoms with Crippen LogP contribution in [0.15, 0.2) is 18.2 Å². The van der Waals surface area contributed by atoms with Crippen molar-refractivity contribution in [2.24, 2.45) is 5.73 Å². The molecule has 3 nitrogen and oxygen atoms in total. The molecule has 0 aromatic heterocycles. The van der Waals surface area contributed by atoms with Gasteiger partial charge < -0.3 is 11.1 Å². The van der Waals surface area contributed by atoms with E-state index in [-0.39, 0.29) is 12.4 Å². The number of primary amides is 1. The largest absolute Gasteiger partial charge is 0.352 e. The first-order valence-corrected chi connectivity index (χ1v) is 3.88. The molecule has 0 atom stereocenters. The van der Waals surface area contributed by atoms with Crippen molar-refractivity contribution < 1.29 is 9.18 Å². The van der Waals surface area contributed by atoms with Gasteiger partial charge in [-0.15, -0.1) is 0 Å². The van der Waals surface area contributed by atoms with Gasteiger partial charge in [0.1, 0.15) is 5.82 Å². The predicted molar refractivity (Wildman–Crippen MR) is 47.6 cm³/mol. The van der Waals surface area contributed by atoms with Gasteiger partial charge in [-0.1, -0.05) is 12.1 Å². The van der Waals surface area contributed by atoms with Crippen LogP contribution >= 0.6 is 0 Å². The summed E-state index contributed by atoms with van der Waals surface area (Å²) < 4.78 is 13.0. The van der Waals surface area contributed by atoms with E-state index in [9.17, 15) is 9.18 Å². The number of nitrogens with one attached hydrogen (secondary N) is 1. The molecule has 0 saturated carbocycles. The second-order valence-electron chi connectivity index (χ2n) is 2.74. The van der Waals surface area contributed by atoms with E-state index in [0.717, 1.165) is 5.56 Å². The number of rotatable bonds is 2. The highest BCUT2D eigenvalue weighted by atomic mass is 19.1. The number of benzene rings is 1. The van der Waals surface area contributed by atoms with E-state index in [1.165, 1.54) is 6.07 Å². The third-order valence-corrected chi connectivity index (χ3v) is 1.83. The Morgan fingerprint density at radius 3 is 2.92 bits per heavy atom. The summed E-state index contributed by atoms with van der Waals surface area (Å²) in [5.74, 6) is -0.274. The molecule has 0 radical (unpaired) electrons. The fourth-order valence-corrected chi connectivity index (χ4v) is 1.03. The van der Waals surface area contributed by atoms with Crippen molar-refractivity contribution in [1.82, 2.24) is 5.32 Å². The molecule has 0 saturated heterocycles. The maximum Gasteiger partial charge on any atom is 0.312 e. The number of nitrogens with two attached hydrogens (primary N) is 1. The summed E-state index contributed by atoms with van der Waals surface area (Å²) in [5, 5.41) is 2.40. The smallest absolute Gasteiger partial charge is 0.312 e. The third kappa shape index (κ3) is 2.43. The van der Waals surface area contributed by atoms with E-state index in [1.807, 2.05) is 0 Å². The van der Waals surface area contributed by atoms with Crippen molar-refractivity contribution in [2.75, 3.05) is 0 Å². The van der Waals surface area contributed by atoms with Gasteiger partial charge >= 0.3 is 6.03 Å². The number of hydrogen-bond acceptors (Lipinski definition) is 1. The van der Waals surface area contributed by atoms with Crippen molar-refractivity contribution in [3.05, 3.63) is 35.1 Å². The topological polar surface area (TPSA) is 55.1 Å². The van der Waals surface area contributed by atoms with Gasteiger partial charge in [0, 0.05) is 6.54 Å². The molecule has 2 amide bonds. The molecule has 0 spiro atoms. The van der Waals surface area contributed by atoms with Gasteiger partial charge in [-0.25, -0.2) is 9.18 Å². The first-order valence-electron chi connectivity index (χ1n) is 3.88. The van der Waals surface area contributed by atoms with Crippen LogP contribution in [-0.2, 0) is 6.54 Å². The first-order chi connectivity index (χ1) is 6.11. The minimum Gasteiger partial charge on any atom is -0.352 e. The molecule has 0 heterocycles. The highest BCUT2D eigenvalue weighted by molar-refractivity contribution is 5.71. The van der Waals surface area contributed by atoms with Gasteiger partial charge in [0.2, 0.25) is 0 Å². The lowest BCUT2D eigenvalue weighted by Gasteiger charge is -2.06. The van der Waals surface area contributed by atoms with Crippen LogP contribution in [0.1, 0.15) is 11.1 Å². The van der Waals surface area contributed by atoms with E-state index < -0.39 is 6.03 Å². The summed E-state index contributed by atoms with van der Waals surface area (Å²) in [6, 6.07) is 4.11. The number of hydrogen-bond donors (Lipinski definition) is 2. The normalized spacial score (nSPS) is 9.69. The Hall–Kier alpha value is -1.58. The summed E-state index contributed by atoms with van der Waals surface area (Å²) in [7, 11) is 0. The maximum atomic E-state index is 13.0. The van der Waals surface area contributed by atoms with Gasteiger partial charge in [0.15, 0.2) is 0 Å². The van der Waals surface area contributed by atoms with E-state index in [2.05, 4.69) is 5.32 Å². The van der Waals surface area contributed by atoms with Crippen molar-refractivity contribution in [3.63, 3.8) is 0 Å². The molecule has 70 valence electrons. The number of carbonyl (C=O) groups is 1. The van der Waals surface area contributed by atoms with Crippen LogP contribution in [0.2, 0.25) is 0 Å². The van der Waals surface area contributed by atoms with Crippen molar-refractivity contribution in [2.45, 2.75) is 13.5 Å². The van der Waals surface area contributed by atoms with Crippen LogP contribution < -0.4 is 11.1 Å². The summed E-state index contributed by atoms with van der Waals surface area (Å²) in [6.07, 6.45) is 0. The molecule has 0 bridgehead atoms. The summed E-state index contributed by atoms with van der Waals surface area (Å²) in [6.45, 7) is 1.92. The second-order valence-corrected chi connectivity index (χ2v) is 2.74. The van der Waals surface area contributed by atoms with Crippen molar-refractivity contribution in [1.29, 1.82) is 0 Å². The van der Waals surface area contributed by atoms with Crippen LogP contribution in [0.3, 0.4) is 0 Å². The Bertz CT molecular complexity index is 325. The Balaban J connectivity index is 2.77. The number of amides is 2. The van der Waals surface area contributed by atoms with Crippen LogP contribution in [0.4, 0.5) is 9.18 Å². The SMILES string of the molecule is Cc1c(F)cccc1CNC(N)=O. The standard InChI is InChI=1S/C9H11FN2O/c1-6-7(5-12-9(11)13)3-2-4-8(6)10/h2-4H,5H2,1H3,(H3,11,12,13). The summed E-state index contributed by atoms with van der Waals surface area (Å²) >= 11 is 0. The molecule has 0 fully saturated rings. The molecule has 4 heteroatoms. The highest BCUT2D eigenvalue weighted by Gasteiger charge is 2.02. The van der Waals surface area contributed by atoms with E-state index in [1.54, 1.807) is 19.1 Å². The number of halogens is 1. The lowest BCUT2D eigenvalue weighted by molar-refractivity contribution is 0.248. The molecule has 0 aliphatic rings. The fraction of sp³-hybridized carbons (Fsp3) is 0.222.